The molecule has 2 saturated heterocycles. The Kier molecular flexibility index (Phi) is 4.80. The minimum atomic E-state index is -3.87. The lowest BCUT2D eigenvalue weighted by Gasteiger charge is -2.32. The van der Waals surface area contributed by atoms with Gasteiger partial charge < -0.3 is 4.90 Å². The van der Waals surface area contributed by atoms with Gasteiger partial charge in [-0.05, 0) is 24.6 Å². The van der Waals surface area contributed by atoms with Crippen LogP contribution in [0, 0.1) is 6.92 Å². The molecule has 2 amide bonds. The zero-order valence-corrected chi connectivity index (χ0v) is 15.8. The Bertz CT molecular complexity index is 950. The van der Waals surface area contributed by atoms with E-state index in [-0.39, 0.29) is 35.8 Å². The molecule has 0 bridgehead atoms. The molecule has 0 unspecified atom stereocenters. The minimum absolute atomic E-state index is 0.0307. The van der Waals surface area contributed by atoms with Crippen molar-refractivity contribution in [1.82, 2.24) is 9.21 Å². The quantitative estimate of drug-likeness (QED) is 0.630. The smallest absolute Gasteiger partial charge is 0.243 e. The van der Waals surface area contributed by atoms with E-state index in [0.29, 0.717) is 29.4 Å². The molecule has 0 saturated carbocycles. The molecule has 2 fully saturated rings. The Balaban J connectivity index is 1.98. The summed E-state index contributed by atoms with van der Waals surface area (Å²) in [6.07, 6.45) is 0.561. The molecular formula is C15H19N3O6S2. The fraction of sp³-hybridized carbons (Fsp3) is 0.467. The second-order valence-electron chi connectivity index (χ2n) is 6.22. The number of nitrogens with zero attached hydrogens (tertiary/aromatic N) is 3. The molecule has 2 aliphatic rings. The van der Waals surface area contributed by atoms with Gasteiger partial charge in [0.25, 0.3) is 0 Å². The maximum atomic E-state index is 13.0. The molecule has 3 rings (SSSR count). The Labute approximate surface area is 152 Å². The second kappa shape index (κ2) is 6.63. The van der Waals surface area contributed by atoms with Gasteiger partial charge in [-0.2, -0.15) is 4.31 Å². The van der Waals surface area contributed by atoms with Crippen molar-refractivity contribution in [3.63, 3.8) is 0 Å². The van der Waals surface area contributed by atoms with Gasteiger partial charge in [0.05, 0.1) is 16.3 Å². The number of hydrogen-bond donors (Lipinski definition) is 0. The Morgan fingerprint density at radius 2 is 1.77 bits per heavy atom. The summed E-state index contributed by atoms with van der Waals surface area (Å²) in [5, 5.41) is 0. The van der Waals surface area contributed by atoms with Crippen LogP contribution >= 0.6 is 0 Å². The van der Waals surface area contributed by atoms with Crippen LogP contribution in [0.2, 0.25) is 0 Å². The summed E-state index contributed by atoms with van der Waals surface area (Å²) in [6.45, 7) is 2.51. The first-order chi connectivity index (χ1) is 12.2. The third-order valence-corrected chi connectivity index (χ3v) is 8.26. The van der Waals surface area contributed by atoms with Crippen LogP contribution in [0.5, 0.6) is 0 Å². The van der Waals surface area contributed by atoms with Crippen molar-refractivity contribution in [2.24, 2.45) is 0 Å². The SMILES string of the molecule is Cc1ccc(N2C(=O)CCS2(=O)=O)cc1S(=O)(=O)N1CCN(C=O)CC1. The van der Waals surface area contributed by atoms with Gasteiger partial charge in [-0.15, -0.1) is 0 Å². The van der Waals surface area contributed by atoms with Crippen molar-refractivity contribution >= 4 is 38.1 Å². The van der Waals surface area contributed by atoms with Crippen molar-refractivity contribution in [1.29, 1.82) is 0 Å². The summed E-state index contributed by atoms with van der Waals surface area (Å²) in [6, 6.07) is 4.15. The Hall–Kier alpha value is -1.98. The molecule has 9 nitrogen and oxygen atoms in total. The third-order valence-electron chi connectivity index (χ3n) is 4.52. The van der Waals surface area contributed by atoms with Crippen LogP contribution in [-0.2, 0) is 29.6 Å². The summed E-state index contributed by atoms with van der Waals surface area (Å²) in [5.41, 5.74) is 0.485. The van der Waals surface area contributed by atoms with E-state index >= 15 is 0 Å². The van der Waals surface area contributed by atoms with Crippen LogP contribution in [0.4, 0.5) is 5.69 Å². The van der Waals surface area contributed by atoms with Gasteiger partial charge in [0.1, 0.15) is 0 Å². The lowest BCUT2D eigenvalue weighted by molar-refractivity contribution is -0.119. The van der Waals surface area contributed by atoms with Gasteiger partial charge in [0.2, 0.25) is 32.4 Å². The fourth-order valence-electron chi connectivity index (χ4n) is 3.05. The summed E-state index contributed by atoms with van der Waals surface area (Å²) in [5.74, 6) is -0.855. The van der Waals surface area contributed by atoms with E-state index in [1.165, 1.54) is 27.4 Å². The van der Waals surface area contributed by atoms with Crippen LogP contribution < -0.4 is 4.31 Å². The number of rotatable bonds is 4. The van der Waals surface area contributed by atoms with Gasteiger partial charge in [0.15, 0.2) is 0 Å². The standard InChI is InChI=1S/C15H19N3O6S2/c1-12-2-3-13(18-15(20)4-9-25(18,21)22)10-14(12)26(23,24)17-7-5-16(11-19)6-8-17/h2-3,10-11H,4-9H2,1H3. The Morgan fingerprint density at radius 1 is 1.12 bits per heavy atom. The summed E-state index contributed by atoms with van der Waals surface area (Å²) in [7, 11) is -7.64. The van der Waals surface area contributed by atoms with Gasteiger partial charge in [-0.25, -0.2) is 21.1 Å². The van der Waals surface area contributed by atoms with Crippen LogP contribution in [0.25, 0.3) is 0 Å². The van der Waals surface area contributed by atoms with E-state index in [1.807, 2.05) is 0 Å². The molecule has 26 heavy (non-hydrogen) atoms. The number of aryl methyl sites for hydroxylation is 1. The number of carbonyl (C=O) groups excluding carboxylic acids is 2. The molecular weight excluding hydrogens is 382 g/mol. The molecule has 11 heteroatoms. The number of piperazine rings is 1. The highest BCUT2D eigenvalue weighted by Crippen LogP contribution is 2.30. The van der Waals surface area contributed by atoms with Crippen molar-refractivity contribution in [3.05, 3.63) is 23.8 Å². The van der Waals surface area contributed by atoms with Crippen LogP contribution in [0.3, 0.4) is 0 Å². The zero-order valence-electron chi connectivity index (χ0n) is 14.2. The van der Waals surface area contributed by atoms with E-state index in [2.05, 4.69) is 0 Å². The molecule has 0 aliphatic carbocycles. The summed E-state index contributed by atoms with van der Waals surface area (Å²) < 4.78 is 52.1. The number of sulfonamides is 2. The van der Waals surface area contributed by atoms with E-state index in [9.17, 15) is 26.4 Å². The van der Waals surface area contributed by atoms with E-state index < -0.39 is 26.0 Å². The fourth-order valence-corrected chi connectivity index (χ4v) is 6.17. The highest BCUT2D eigenvalue weighted by molar-refractivity contribution is 7.94. The summed E-state index contributed by atoms with van der Waals surface area (Å²) >= 11 is 0. The number of amides is 2. The van der Waals surface area contributed by atoms with Gasteiger partial charge in [0, 0.05) is 32.6 Å². The molecule has 0 spiro atoms. The van der Waals surface area contributed by atoms with Gasteiger partial charge >= 0.3 is 0 Å². The van der Waals surface area contributed by atoms with Crippen molar-refractivity contribution in [2.45, 2.75) is 18.2 Å². The number of benzene rings is 1. The molecule has 0 atom stereocenters. The first kappa shape index (κ1) is 18.8. The zero-order chi connectivity index (χ0) is 19.1. The molecule has 1 aromatic rings. The molecule has 0 aromatic heterocycles. The lowest BCUT2D eigenvalue weighted by Crippen LogP contribution is -2.48. The van der Waals surface area contributed by atoms with E-state index in [0.717, 1.165) is 0 Å². The Morgan fingerprint density at radius 3 is 2.31 bits per heavy atom. The molecule has 1 aromatic carbocycles. The number of hydrogen-bond acceptors (Lipinski definition) is 6. The van der Waals surface area contributed by atoms with Crippen molar-refractivity contribution in [2.75, 3.05) is 36.2 Å². The van der Waals surface area contributed by atoms with Crippen molar-refractivity contribution < 1.29 is 26.4 Å². The van der Waals surface area contributed by atoms with Crippen LogP contribution in [0.1, 0.15) is 12.0 Å². The van der Waals surface area contributed by atoms with Gasteiger partial charge in [-0.3, -0.25) is 9.59 Å². The molecule has 2 aliphatic heterocycles. The second-order valence-corrected chi connectivity index (χ2v) is 10.1. The predicted molar refractivity (Wildman–Crippen MR) is 93.5 cm³/mol. The van der Waals surface area contributed by atoms with E-state index in [4.69, 9.17) is 0 Å². The minimum Gasteiger partial charge on any atom is -0.343 e. The topological polar surface area (TPSA) is 112 Å². The average Bonchev–Trinajstić information content (AvgIpc) is 2.88. The van der Waals surface area contributed by atoms with Crippen LogP contribution in [-0.4, -0.2) is 70.3 Å². The van der Waals surface area contributed by atoms with E-state index in [1.54, 1.807) is 6.92 Å². The highest BCUT2D eigenvalue weighted by atomic mass is 32.2. The highest BCUT2D eigenvalue weighted by Gasteiger charge is 2.37. The third kappa shape index (κ3) is 3.21. The largest absolute Gasteiger partial charge is 0.343 e. The first-order valence-corrected chi connectivity index (χ1v) is 11.1. The monoisotopic (exact) mass is 401 g/mol. The summed E-state index contributed by atoms with van der Waals surface area (Å²) in [4.78, 5) is 24.2. The lowest BCUT2D eigenvalue weighted by atomic mass is 10.2. The molecule has 142 valence electrons. The van der Waals surface area contributed by atoms with Gasteiger partial charge in [-0.1, -0.05) is 6.07 Å². The predicted octanol–water partition coefficient (Wildman–Crippen LogP) is -0.476. The normalized spacial score (nSPS) is 21.2. The number of anilines is 1. The maximum absolute atomic E-state index is 13.0. The maximum Gasteiger partial charge on any atom is 0.243 e. The molecule has 2 heterocycles. The average molecular weight is 401 g/mol. The first-order valence-electron chi connectivity index (χ1n) is 8.03. The van der Waals surface area contributed by atoms with Crippen LogP contribution in [0.15, 0.2) is 23.1 Å². The van der Waals surface area contributed by atoms with Crippen molar-refractivity contribution in [3.8, 4) is 0 Å². The molecule has 0 N–H and O–H groups in total. The number of carbonyl (C=O) groups is 2. The molecule has 0 radical (unpaired) electrons.